The highest BCUT2D eigenvalue weighted by molar-refractivity contribution is 5.82. The third-order valence-corrected chi connectivity index (χ3v) is 9.03. The molecular formula is C32H43N7O6. The SMILES string of the molecule is CC(C)(C)OC(=O)N1CC2(CCCN(C[C@H]3O[C@@H](n4cnc5c(NC(O)c6ccccc6)ncnc54)[C@@H]4OC(C)(C)O[C@@H]43)C2)C1. The number of rotatable bonds is 6. The summed E-state index contributed by atoms with van der Waals surface area (Å²) in [4.78, 5) is 30.4. The van der Waals surface area contributed by atoms with E-state index >= 15 is 0 Å². The van der Waals surface area contributed by atoms with Gasteiger partial charge in [-0.25, -0.2) is 19.7 Å². The molecule has 45 heavy (non-hydrogen) atoms. The summed E-state index contributed by atoms with van der Waals surface area (Å²) in [6.45, 7) is 13.5. The Morgan fingerprint density at radius 1 is 1.11 bits per heavy atom. The molecule has 1 spiro atoms. The number of likely N-dealkylation sites (tertiary alicyclic amines) is 2. The molecule has 3 aromatic rings. The topological polar surface area (TPSA) is 136 Å². The molecule has 0 aliphatic carbocycles. The van der Waals surface area contributed by atoms with Crippen molar-refractivity contribution in [2.45, 2.75) is 89.6 Å². The molecule has 0 saturated carbocycles. The molecule has 2 aromatic heterocycles. The quantitative estimate of drug-likeness (QED) is 0.390. The molecule has 242 valence electrons. The average Bonchev–Trinajstić information content (AvgIpc) is 3.63. The number of nitrogens with zero attached hydrogens (tertiary/aromatic N) is 6. The minimum atomic E-state index is -0.960. The zero-order valence-electron chi connectivity index (χ0n) is 26.5. The van der Waals surface area contributed by atoms with Crippen LogP contribution < -0.4 is 5.32 Å². The van der Waals surface area contributed by atoms with Gasteiger partial charge in [0.05, 0.1) is 6.33 Å². The van der Waals surface area contributed by atoms with Gasteiger partial charge in [-0.2, -0.15) is 0 Å². The molecule has 6 heterocycles. The van der Waals surface area contributed by atoms with Gasteiger partial charge < -0.3 is 34.3 Å². The highest BCUT2D eigenvalue weighted by Gasteiger charge is 2.57. The number of aliphatic hydroxyl groups is 1. The van der Waals surface area contributed by atoms with Crippen molar-refractivity contribution in [1.29, 1.82) is 0 Å². The largest absolute Gasteiger partial charge is 0.444 e. The highest BCUT2D eigenvalue weighted by Crippen LogP contribution is 2.45. The van der Waals surface area contributed by atoms with Gasteiger partial charge in [0, 0.05) is 37.2 Å². The average molecular weight is 622 g/mol. The predicted octanol–water partition coefficient (Wildman–Crippen LogP) is 3.68. The first kappa shape index (κ1) is 30.3. The van der Waals surface area contributed by atoms with Crippen LogP contribution in [0, 0.1) is 5.41 Å². The van der Waals surface area contributed by atoms with Crippen LogP contribution in [-0.2, 0) is 18.9 Å². The van der Waals surface area contributed by atoms with Gasteiger partial charge in [0.1, 0.15) is 30.2 Å². The second-order valence-corrected chi connectivity index (χ2v) is 14.3. The van der Waals surface area contributed by atoms with Crippen molar-refractivity contribution in [3.8, 4) is 0 Å². The Hall–Kier alpha value is -3.36. The summed E-state index contributed by atoms with van der Waals surface area (Å²) in [5.74, 6) is -0.344. The van der Waals surface area contributed by atoms with E-state index in [1.807, 2.05) is 74.4 Å². The maximum Gasteiger partial charge on any atom is 0.410 e. The molecule has 5 atom stereocenters. The molecule has 1 unspecified atom stereocenters. The maximum atomic E-state index is 12.6. The lowest BCUT2D eigenvalue weighted by Crippen LogP contribution is -2.65. The summed E-state index contributed by atoms with van der Waals surface area (Å²) in [5.41, 5.74) is 1.37. The van der Waals surface area contributed by atoms with E-state index in [1.54, 1.807) is 6.33 Å². The van der Waals surface area contributed by atoms with E-state index in [-0.39, 0.29) is 29.8 Å². The number of aliphatic hydroxyl groups excluding tert-OH is 1. The Kier molecular flexibility index (Phi) is 7.52. The van der Waals surface area contributed by atoms with Crippen LogP contribution in [0.25, 0.3) is 11.2 Å². The number of fused-ring (bicyclic) bond motifs is 2. The monoisotopic (exact) mass is 621 g/mol. The number of amides is 1. The number of hydrogen-bond acceptors (Lipinski definition) is 11. The zero-order valence-corrected chi connectivity index (χ0v) is 26.5. The first-order valence-corrected chi connectivity index (χ1v) is 15.8. The normalized spacial score (nSPS) is 28.2. The van der Waals surface area contributed by atoms with Gasteiger partial charge in [0.2, 0.25) is 0 Å². The van der Waals surface area contributed by atoms with Crippen LogP contribution in [0.5, 0.6) is 0 Å². The molecular weight excluding hydrogens is 578 g/mol. The molecule has 13 nitrogen and oxygen atoms in total. The van der Waals surface area contributed by atoms with Gasteiger partial charge in [-0.05, 0) is 54.0 Å². The van der Waals surface area contributed by atoms with Gasteiger partial charge in [0.15, 0.2) is 35.2 Å². The van der Waals surface area contributed by atoms with Crippen LogP contribution in [0.3, 0.4) is 0 Å². The van der Waals surface area contributed by atoms with E-state index in [0.29, 0.717) is 42.2 Å². The number of carbonyl (C=O) groups is 1. The Labute approximate surface area is 262 Å². The van der Waals surface area contributed by atoms with Crippen molar-refractivity contribution in [2.24, 2.45) is 5.41 Å². The van der Waals surface area contributed by atoms with Crippen molar-refractivity contribution in [3.63, 3.8) is 0 Å². The molecule has 0 bridgehead atoms. The second kappa shape index (κ2) is 11.2. The standard InChI is InChI=1S/C32H43N7O6/c1-30(2,3)45-29(41)38-16-32(17-38)12-9-13-37(15-32)14-21-23-24(44-31(4,5)43-23)28(42-21)39-19-35-22-25(33-18-34-26(22)39)36-27(40)20-10-7-6-8-11-20/h6-8,10-11,18-19,21,23-24,27-28,40H,9,12-17H2,1-5H3,(H,33,34,36)/t21-,23-,24-,27?,28-/m1/s1. The minimum Gasteiger partial charge on any atom is -0.444 e. The number of nitrogens with one attached hydrogen (secondary N) is 1. The molecule has 13 heteroatoms. The lowest BCUT2D eigenvalue weighted by atomic mass is 9.73. The van der Waals surface area contributed by atoms with Gasteiger partial charge in [-0.3, -0.25) is 9.47 Å². The van der Waals surface area contributed by atoms with E-state index in [2.05, 4.69) is 25.2 Å². The first-order chi connectivity index (χ1) is 21.4. The van der Waals surface area contributed by atoms with Crippen molar-refractivity contribution < 1.29 is 28.8 Å². The third kappa shape index (κ3) is 5.99. The number of ether oxygens (including phenoxy) is 4. The Morgan fingerprint density at radius 2 is 1.87 bits per heavy atom. The van der Waals surface area contributed by atoms with Gasteiger partial charge >= 0.3 is 6.09 Å². The minimum absolute atomic E-state index is 0.0735. The Balaban J connectivity index is 1.06. The molecule has 2 N–H and O–H groups in total. The first-order valence-electron chi connectivity index (χ1n) is 15.8. The maximum absolute atomic E-state index is 12.6. The Morgan fingerprint density at radius 3 is 2.62 bits per heavy atom. The molecule has 4 aliphatic heterocycles. The lowest BCUT2D eigenvalue weighted by Gasteiger charge is -2.54. The molecule has 4 aliphatic rings. The summed E-state index contributed by atoms with van der Waals surface area (Å²) >= 11 is 0. The second-order valence-electron chi connectivity index (χ2n) is 14.3. The van der Waals surface area contributed by atoms with Gasteiger partial charge in [-0.1, -0.05) is 30.3 Å². The number of hydrogen-bond donors (Lipinski definition) is 2. The summed E-state index contributed by atoms with van der Waals surface area (Å²) in [5, 5.41) is 13.8. The third-order valence-electron chi connectivity index (χ3n) is 9.03. The molecule has 0 radical (unpaired) electrons. The molecule has 1 aromatic carbocycles. The van der Waals surface area contributed by atoms with Crippen LogP contribution in [0.2, 0.25) is 0 Å². The fourth-order valence-electron chi connectivity index (χ4n) is 7.22. The number of carbonyl (C=O) groups excluding carboxylic acids is 1. The molecule has 4 fully saturated rings. The van der Waals surface area contributed by atoms with Crippen LogP contribution in [0.15, 0.2) is 43.0 Å². The van der Waals surface area contributed by atoms with E-state index in [1.165, 1.54) is 6.33 Å². The molecule has 1 amide bonds. The summed E-state index contributed by atoms with van der Waals surface area (Å²) < 4.78 is 27.0. The summed E-state index contributed by atoms with van der Waals surface area (Å²) in [6, 6.07) is 9.32. The predicted molar refractivity (Wildman–Crippen MR) is 164 cm³/mol. The van der Waals surface area contributed by atoms with Gasteiger partial charge in [-0.15, -0.1) is 0 Å². The number of piperidine rings is 1. The van der Waals surface area contributed by atoms with Crippen LogP contribution >= 0.6 is 0 Å². The van der Waals surface area contributed by atoms with Crippen molar-refractivity contribution in [2.75, 3.05) is 38.0 Å². The van der Waals surface area contributed by atoms with Crippen molar-refractivity contribution in [3.05, 3.63) is 48.5 Å². The zero-order chi connectivity index (χ0) is 31.6. The smallest absolute Gasteiger partial charge is 0.410 e. The number of anilines is 1. The van der Waals surface area contributed by atoms with E-state index < -0.39 is 23.8 Å². The van der Waals surface area contributed by atoms with Crippen molar-refractivity contribution in [1.82, 2.24) is 29.3 Å². The fraction of sp³-hybridized carbons (Fsp3) is 0.625. The fourth-order valence-corrected chi connectivity index (χ4v) is 7.22. The lowest BCUT2D eigenvalue weighted by molar-refractivity contribution is -0.199. The summed E-state index contributed by atoms with van der Waals surface area (Å²) in [7, 11) is 0. The van der Waals surface area contributed by atoms with Crippen LogP contribution in [0.1, 0.15) is 65.5 Å². The van der Waals surface area contributed by atoms with Crippen molar-refractivity contribution >= 4 is 23.1 Å². The van der Waals surface area contributed by atoms with Crippen LogP contribution in [-0.4, -0.2) is 103 Å². The van der Waals surface area contributed by atoms with E-state index in [4.69, 9.17) is 18.9 Å². The Bertz CT molecular complexity index is 1540. The summed E-state index contributed by atoms with van der Waals surface area (Å²) in [6.07, 6.45) is 2.69. The molecule has 7 rings (SSSR count). The number of aromatic nitrogens is 4. The van der Waals surface area contributed by atoms with E-state index in [9.17, 15) is 9.90 Å². The van der Waals surface area contributed by atoms with Gasteiger partial charge in [0.25, 0.3) is 0 Å². The van der Waals surface area contributed by atoms with E-state index in [0.717, 1.165) is 25.9 Å². The molecule has 4 saturated heterocycles. The highest BCUT2D eigenvalue weighted by atomic mass is 16.8. The van der Waals surface area contributed by atoms with Crippen LogP contribution in [0.4, 0.5) is 10.6 Å². The number of imidazole rings is 1. The number of benzene rings is 1.